The Balaban J connectivity index is 2.36. The van der Waals surface area contributed by atoms with E-state index in [4.69, 9.17) is 21.4 Å². The highest BCUT2D eigenvalue weighted by Crippen LogP contribution is 2.40. The lowest BCUT2D eigenvalue weighted by molar-refractivity contribution is 0.101. The van der Waals surface area contributed by atoms with Crippen molar-refractivity contribution in [2.45, 2.75) is 6.92 Å². The van der Waals surface area contributed by atoms with Gasteiger partial charge in [-0.2, -0.15) is 9.55 Å². The normalized spacial score (nSPS) is 11.5. The van der Waals surface area contributed by atoms with Gasteiger partial charge in [-0.3, -0.25) is 4.79 Å². The fourth-order valence-corrected chi connectivity index (χ4v) is 2.53. The molecule has 0 fully saturated rings. The summed E-state index contributed by atoms with van der Waals surface area (Å²) in [5, 5.41) is 4.16. The van der Waals surface area contributed by atoms with Gasteiger partial charge in [0.05, 0.1) is 5.69 Å². The molecule has 0 unspecified atom stereocenters. The number of carbonyl (C=O) groups is 1. The Morgan fingerprint density at radius 1 is 1.41 bits per heavy atom. The Labute approximate surface area is 127 Å². The van der Waals surface area contributed by atoms with E-state index in [2.05, 4.69) is 5.10 Å². The number of rotatable bonds is 3. The van der Waals surface area contributed by atoms with Crippen molar-refractivity contribution in [1.29, 1.82) is 0 Å². The maximum Gasteiger partial charge on any atom is 0.451 e. The largest absolute Gasteiger partial charge is 0.451 e. The van der Waals surface area contributed by atoms with Crippen LogP contribution in [0.3, 0.4) is 0 Å². The van der Waals surface area contributed by atoms with Gasteiger partial charge in [-0.1, -0.05) is 17.7 Å². The summed E-state index contributed by atoms with van der Waals surface area (Å²) in [6.45, 7) is 1.63. The first-order valence-corrected chi connectivity index (χ1v) is 7.63. The summed E-state index contributed by atoms with van der Waals surface area (Å²) >= 11 is 5.38. The van der Waals surface area contributed by atoms with Gasteiger partial charge in [0.15, 0.2) is 16.7 Å². The predicted molar refractivity (Wildman–Crippen MR) is 73.7 cm³/mol. The summed E-state index contributed by atoms with van der Waals surface area (Å²) < 4.78 is 38.3. The molecule has 11 heteroatoms. The number of benzene rings is 1. The second-order valence-electron chi connectivity index (χ2n) is 4.29. The van der Waals surface area contributed by atoms with Crippen molar-refractivity contribution in [3.63, 3.8) is 0 Å². The molecular formula is C11H9ClF2N3O4P. The maximum atomic E-state index is 13.8. The number of nitrogens with one attached hydrogen (secondary N) is 1. The van der Waals surface area contributed by atoms with E-state index < -0.39 is 36.1 Å². The molecule has 0 aliphatic carbocycles. The number of amides is 1. The van der Waals surface area contributed by atoms with Crippen LogP contribution in [0.1, 0.15) is 16.1 Å². The fraction of sp³-hybridized carbons (Fsp3) is 0.0909. The minimum absolute atomic E-state index is 0.121. The molecule has 0 aliphatic heterocycles. The second kappa shape index (κ2) is 5.77. The van der Waals surface area contributed by atoms with Crippen LogP contribution >= 0.6 is 19.3 Å². The molecule has 0 saturated heterocycles. The lowest BCUT2D eigenvalue weighted by Gasteiger charge is -2.05. The minimum atomic E-state index is -5.02. The highest BCUT2D eigenvalue weighted by Gasteiger charge is 2.30. The number of aryl methyl sites for hydroxylation is 1. The maximum absolute atomic E-state index is 13.8. The van der Waals surface area contributed by atoms with Crippen molar-refractivity contribution in [2.75, 3.05) is 5.32 Å². The summed E-state index contributed by atoms with van der Waals surface area (Å²) in [5.74, 6) is -3.38. The third kappa shape index (κ3) is 3.17. The van der Waals surface area contributed by atoms with Gasteiger partial charge in [0.25, 0.3) is 5.91 Å². The third-order valence-electron chi connectivity index (χ3n) is 2.59. The summed E-state index contributed by atoms with van der Waals surface area (Å²) in [6, 6.07) is 3.91. The minimum Gasteiger partial charge on any atom is -0.318 e. The smallest absolute Gasteiger partial charge is 0.318 e. The zero-order valence-electron chi connectivity index (χ0n) is 10.9. The molecule has 0 aliphatic rings. The van der Waals surface area contributed by atoms with E-state index in [1.807, 2.05) is 5.32 Å². The number of hydrogen-bond acceptors (Lipinski definition) is 3. The van der Waals surface area contributed by atoms with Crippen LogP contribution in [0.15, 0.2) is 18.2 Å². The van der Waals surface area contributed by atoms with E-state index in [9.17, 15) is 18.1 Å². The molecule has 0 bridgehead atoms. The lowest BCUT2D eigenvalue weighted by atomic mass is 10.2. The van der Waals surface area contributed by atoms with Crippen molar-refractivity contribution in [3.05, 3.63) is 46.2 Å². The number of hydrogen-bond donors (Lipinski definition) is 3. The highest BCUT2D eigenvalue weighted by atomic mass is 35.5. The van der Waals surface area contributed by atoms with E-state index in [0.29, 0.717) is 5.56 Å². The first-order valence-electron chi connectivity index (χ1n) is 5.69. The first-order chi connectivity index (χ1) is 10.1. The van der Waals surface area contributed by atoms with Crippen molar-refractivity contribution in [2.24, 2.45) is 0 Å². The summed E-state index contributed by atoms with van der Waals surface area (Å²) in [6.07, 6.45) is 0. The molecule has 2 rings (SSSR count). The SMILES string of the molecule is Cc1ccc(NC(=O)c2nn(P(=O)(O)O)c(Cl)c2F)c(F)c1. The highest BCUT2D eigenvalue weighted by molar-refractivity contribution is 7.50. The molecule has 7 nitrogen and oxygen atoms in total. The Bertz CT molecular complexity index is 805. The van der Waals surface area contributed by atoms with Crippen LogP contribution in [0.2, 0.25) is 5.15 Å². The van der Waals surface area contributed by atoms with E-state index in [-0.39, 0.29) is 10.1 Å². The summed E-state index contributed by atoms with van der Waals surface area (Å²) in [5.41, 5.74) is -0.597. The molecule has 2 aromatic rings. The van der Waals surface area contributed by atoms with E-state index in [0.717, 1.165) is 6.07 Å². The molecule has 1 aromatic heterocycles. The van der Waals surface area contributed by atoms with Crippen molar-refractivity contribution < 1.29 is 27.9 Å². The van der Waals surface area contributed by atoms with Gasteiger partial charge >= 0.3 is 7.75 Å². The van der Waals surface area contributed by atoms with Crippen LogP contribution in [0.25, 0.3) is 0 Å². The molecule has 1 heterocycles. The Morgan fingerprint density at radius 3 is 2.55 bits per heavy atom. The molecule has 0 radical (unpaired) electrons. The topological polar surface area (TPSA) is 104 Å². The van der Waals surface area contributed by atoms with Gasteiger partial charge in [-0.25, -0.2) is 13.3 Å². The predicted octanol–water partition coefficient (Wildman–Crippen LogP) is 2.32. The van der Waals surface area contributed by atoms with Gasteiger partial charge in [0.1, 0.15) is 5.82 Å². The Kier molecular flexibility index (Phi) is 4.35. The molecule has 0 spiro atoms. The second-order valence-corrected chi connectivity index (χ2v) is 6.06. The van der Waals surface area contributed by atoms with E-state index in [1.54, 1.807) is 6.92 Å². The monoisotopic (exact) mass is 351 g/mol. The number of halogens is 3. The molecule has 1 amide bonds. The van der Waals surface area contributed by atoms with Crippen LogP contribution in [-0.4, -0.2) is 25.2 Å². The molecule has 22 heavy (non-hydrogen) atoms. The quantitative estimate of drug-likeness (QED) is 0.736. The number of aromatic nitrogens is 2. The van der Waals surface area contributed by atoms with Gasteiger partial charge in [-0.05, 0) is 24.6 Å². The molecule has 1 aromatic carbocycles. The molecule has 3 N–H and O–H groups in total. The van der Waals surface area contributed by atoms with Crippen LogP contribution in [0.4, 0.5) is 14.5 Å². The Hall–Kier alpha value is -1.80. The van der Waals surface area contributed by atoms with Crippen LogP contribution in [-0.2, 0) is 4.57 Å². The summed E-state index contributed by atoms with van der Waals surface area (Å²) in [4.78, 5) is 29.7. The molecule has 0 saturated carbocycles. The number of carbonyl (C=O) groups excluding carboxylic acids is 1. The lowest BCUT2D eigenvalue weighted by Crippen LogP contribution is -2.15. The zero-order valence-corrected chi connectivity index (χ0v) is 12.6. The van der Waals surface area contributed by atoms with Gasteiger partial charge in [0.2, 0.25) is 0 Å². The Morgan fingerprint density at radius 2 is 2.05 bits per heavy atom. The van der Waals surface area contributed by atoms with Gasteiger partial charge in [-0.15, -0.1) is 0 Å². The summed E-state index contributed by atoms with van der Waals surface area (Å²) in [7, 11) is -5.02. The van der Waals surface area contributed by atoms with Gasteiger partial charge in [0, 0.05) is 0 Å². The van der Waals surface area contributed by atoms with Crippen LogP contribution in [0, 0.1) is 18.6 Å². The molecular weight excluding hydrogens is 343 g/mol. The first kappa shape index (κ1) is 16.6. The standard InChI is InChI=1S/C11H9ClF2N3O4P/c1-5-2-3-7(6(13)4-5)15-11(18)9-8(14)10(12)17(16-9)22(19,20)21/h2-4H,1H3,(H,15,18)(H2,19,20,21). The average molecular weight is 352 g/mol. The van der Waals surface area contributed by atoms with E-state index in [1.165, 1.54) is 12.1 Å². The van der Waals surface area contributed by atoms with Crippen molar-refractivity contribution in [3.8, 4) is 0 Å². The van der Waals surface area contributed by atoms with Crippen molar-refractivity contribution in [1.82, 2.24) is 9.55 Å². The fourth-order valence-electron chi connectivity index (χ4n) is 1.59. The zero-order chi connectivity index (χ0) is 16.7. The van der Waals surface area contributed by atoms with E-state index >= 15 is 0 Å². The molecule has 118 valence electrons. The third-order valence-corrected chi connectivity index (χ3v) is 3.82. The van der Waals surface area contributed by atoms with Gasteiger partial charge < -0.3 is 15.1 Å². The van der Waals surface area contributed by atoms with Crippen LogP contribution in [0.5, 0.6) is 0 Å². The average Bonchev–Trinajstić information content (AvgIpc) is 2.69. The number of nitrogens with zero attached hydrogens (tertiary/aromatic N) is 2. The molecule has 0 atom stereocenters. The van der Waals surface area contributed by atoms with Crippen molar-refractivity contribution >= 4 is 30.9 Å². The van der Waals surface area contributed by atoms with Crippen LogP contribution < -0.4 is 5.32 Å². The number of anilines is 1.